The van der Waals surface area contributed by atoms with Crippen LogP contribution in [0.15, 0.2) is 18.2 Å². The number of benzene rings is 1. The smallest absolute Gasteiger partial charge is 0.166 e. The number of aromatic hydroxyl groups is 2. The Labute approximate surface area is 168 Å². The monoisotopic (exact) mass is 429 g/mol. The van der Waals surface area contributed by atoms with E-state index >= 15 is 0 Å². The van der Waals surface area contributed by atoms with Crippen molar-refractivity contribution in [2.45, 2.75) is 62.9 Å². The van der Waals surface area contributed by atoms with Gasteiger partial charge in [0.2, 0.25) is 0 Å². The highest BCUT2D eigenvalue weighted by molar-refractivity contribution is 9.09. The summed E-state index contributed by atoms with van der Waals surface area (Å²) in [5.41, 5.74) is 0.817. The van der Waals surface area contributed by atoms with Gasteiger partial charge in [-0.1, -0.05) is 54.1 Å². The second kappa shape index (κ2) is 11.8. The molecule has 1 atom stereocenters. The van der Waals surface area contributed by atoms with Crippen LogP contribution >= 0.6 is 15.9 Å². The number of phenolic OH excluding ortho intramolecular Hbond substituents is 2. The van der Waals surface area contributed by atoms with Gasteiger partial charge < -0.3 is 14.7 Å². The highest BCUT2D eigenvalue weighted by Gasteiger charge is 2.18. The molecule has 0 fully saturated rings. The van der Waals surface area contributed by atoms with Crippen molar-refractivity contribution in [2.24, 2.45) is 0 Å². The first-order valence-electron chi connectivity index (χ1n) is 9.85. The van der Waals surface area contributed by atoms with Crippen molar-refractivity contribution in [3.63, 3.8) is 0 Å². The third-order valence-corrected chi connectivity index (χ3v) is 6.24. The van der Waals surface area contributed by atoms with Gasteiger partial charge in [0.1, 0.15) is 6.54 Å². The van der Waals surface area contributed by atoms with Crippen molar-refractivity contribution in [2.75, 3.05) is 34.7 Å². The van der Waals surface area contributed by atoms with Crippen LogP contribution in [0.5, 0.6) is 11.5 Å². The maximum absolute atomic E-state index is 9.97. The third-order valence-electron chi connectivity index (χ3n) is 4.96. The van der Waals surface area contributed by atoms with Crippen LogP contribution in [0.25, 0.3) is 0 Å². The third kappa shape index (κ3) is 9.24. The van der Waals surface area contributed by atoms with Gasteiger partial charge in [0, 0.05) is 0 Å². The van der Waals surface area contributed by atoms with E-state index in [4.69, 9.17) is 0 Å². The molecule has 0 aliphatic heterocycles. The summed E-state index contributed by atoms with van der Waals surface area (Å²) in [6, 6.07) is 5.21. The molecule has 0 bridgehead atoms. The first-order valence-corrected chi connectivity index (χ1v) is 10.8. The first kappa shape index (κ1) is 23.3. The Morgan fingerprint density at radius 1 is 0.962 bits per heavy atom. The molecular formula is C21H38BrN2O2+. The van der Waals surface area contributed by atoms with Crippen LogP contribution in [-0.4, -0.2) is 59.3 Å². The number of hydrogen-bond acceptors (Lipinski definition) is 3. The van der Waals surface area contributed by atoms with E-state index in [-0.39, 0.29) is 11.5 Å². The van der Waals surface area contributed by atoms with Crippen LogP contribution in [0.3, 0.4) is 0 Å². The molecule has 0 aromatic heterocycles. The van der Waals surface area contributed by atoms with Crippen molar-refractivity contribution in [3.8, 4) is 11.5 Å². The second-order valence-corrected chi connectivity index (χ2v) is 9.32. The van der Waals surface area contributed by atoms with E-state index in [2.05, 4.69) is 49.0 Å². The fourth-order valence-corrected chi connectivity index (χ4v) is 3.56. The predicted octanol–water partition coefficient (Wildman–Crippen LogP) is 5.08. The van der Waals surface area contributed by atoms with Crippen molar-refractivity contribution >= 4 is 15.9 Å². The number of unbranched alkanes of at least 4 members (excludes halogenated alkanes) is 6. The lowest BCUT2D eigenvalue weighted by Gasteiger charge is -2.30. The summed E-state index contributed by atoms with van der Waals surface area (Å²) in [6.45, 7) is 1.82. The highest BCUT2D eigenvalue weighted by Crippen LogP contribution is 2.30. The molecule has 0 aliphatic rings. The van der Waals surface area contributed by atoms with E-state index in [0.717, 1.165) is 23.1 Å². The fourth-order valence-electron chi connectivity index (χ4n) is 3.24. The Kier molecular flexibility index (Phi) is 10.6. The number of alkyl halides is 1. The van der Waals surface area contributed by atoms with Crippen LogP contribution < -0.4 is 0 Å². The molecule has 0 heterocycles. The van der Waals surface area contributed by atoms with E-state index in [9.17, 15) is 10.2 Å². The molecule has 1 unspecified atom stereocenters. The molecule has 0 spiro atoms. The summed E-state index contributed by atoms with van der Waals surface area (Å²) in [5, 5.41) is 19.6. The van der Waals surface area contributed by atoms with Crippen molar-refractivity contribution < 1.29 is 14.7 Å². The normalized spacial score (nSPS) is 13.3. The van der Waals surface area contributed by atoms with Gasteiger partial charge in [0.25, 0.3) is 0 Å². The summed E-state index contributed by atoms with van der Waals surface area (Å²) >= 11 is 3.69. The summed E-state index contributed by atoms with van der Waals surface area (Å²) < 4.78 is 0.828. The maximum Gasteiger partial charge on any atom is 0.166 e. The standard InChI is InChI=1S/C21H37BrN2O2/c1-23(2)20(22)15-10-8-6-5-7-9-11-16-24(3,4)17-18-13-12-14-19(25)21(18)26/h12-14,20H,5-11,15-17H2,1-4H3,(H-,25,26)/p+1. The van der Waals surface area contributed by atoms with E-state index in [1.807, 2.05) is 6.07 Å². The summed E-state index contributed by atoms with van der Waals surface area (Å²) in [6.07, 6.45) is 10.3. The Balaban J connectivity index is 2.12. The number of para-hydroxylation sites is 1. The van der Waals surface area contributed by atoms with Gasteiger partial charge in [-0.2, -0.15) is 0 Å². The Bertz CT molecular complexity index is 521. The van der Waals surface area contributed by atoms with E-state index in [1.54, 1.807) is 6.07 Å². The molecule has 0 aliphatic carbocycles. The predicted molar refractivity (Wildman–Crippen MR) is 114 cm³/mol. The number of nitrogens with zero attached hydrogens (tertiary/aromatic N) is 2. The second-order valence-electron chi connectivity index (χ2n) is 8.26. The molecule has 5 heteroatoms. The zero-order chi connectivity index (χ0) is 19.6. The van der Waals surface area contributed by atoms with Gasteiger partial charge in [-0.25, -0.2) is 0 Å². The van der Waals surface area contributed by atoms with Crippen molar-refractivity contribution in [3.05, 3.63) is 23.8 Å². The largest absolute Gasteiger partial charge is 0.504 e. The molecule has 150 valence electrons. The molecule has 2 N–H and O–H groups in total. The molecule has 1 aromatic carbocycles. The van der Waals surface area contributed by atoms with E-state index < -0.39 is 0 Å². The average Bonchev–Trinajstić information content (AvgIpc) is 2.57. The lowest BCUT2D eigenvalue weighted by molar-refractivity contribution is -0.903. The Morgan fingerprint density at radius 2 is 1.54 bits per heavy atom. The number of phenols is 2. The molecule has 1 rings (SSSR count). The van der Waals surface area contributed by atoms with Gasteiger partial charge >= 0.3 is 0 Å². The van der Waals surface area contributed by atoms with Gasteiger partial charge in [0.05, 0.1) is 31.2 Å². The first-order chi connectivity index (χ1) is 12.2. The minimum Gasteiger partial charge on any atom is -0.504 e. The molecule has 0 saturated heterocycles. The van der Waals surface area contributed by atoms with Gasteiger partial charge in [-0.05, 0) is 45.5 Å². The molecule has 0 saturated carbocycles. The fraction of sp³-hybridized carbons (Fsp3) is 0.714. The molecule has 26 heavy (non-hydrogen) atoms. The van der Waals surface area contributed by atoms with Crippen LogP contribution in [0.2, 0.25) is 0 Å². The molecular weight excluding hydrogens is 392 g/mol. The van der Waals surface area contributed by atoms with Crippen LogP contribution in [0.4, 0.5) is 0 Å². The molecule has 0 amide bonds. The lowest BCUT2D eigenvalue weighted by atomic mass is 10.1. The zero-order valence-corrected chi connectivity index (χ0v) is 18.6. The zero-order valence-electron chi connectivity index (χ0n) is 17.0. The van der Waals surface area contributed by atoms with Crippen LogP contribution in [0.1, 0.15) is 56.9 Å². The summed E-state index contributed by atoms with van der Waals surface area (Å²) in [7, 11) is 8.60. The molecule has 4 nitrogen and oxygen atoms in total. The highest BCUT2D eigenvalue weighted by atomic mass is 79.9. The van der Waals surface area contributed by atoms with Gasteiger partial charge in [0.15, 0.2) is 11.5 Å². The van der Waals surface area contributed by atoms with E-state index in [0.29, 0.717) is 4.95 Å². The number of hydrogen-bond donors (Lipinski definition) is 2. The minimum absolute atomic E-state index is 0.0266. The average molecular weight is 430 g/mol. The van der Waals surface area contributed by atoms with Crippen molar-refractivity contribution in [1.82, 2.24) is 4.90 Å². The molecule has 0 radical (unpaired) electrons. The van der Waals surface area contributed by atoms with E-state index in [1.165, 1.54) is 57.4 Å². The Morgan fingerprint density at radius 3 is 2.15 bits per heavy atom. The Hall–Kier alpha value is -0.780. The van der Waals surface area contributed by atoms with Gasteiger partial charge in [-0.3, -0.25) is 4.90 Å². The topological polar surface area (TPSA) is 43.7 Å². The van der Waals surface area contributed by atoms with Gasteiger partial charge in [-0.15, -0.1) is 0 Å². The maximum atomic E-state index is 9.97. The molecule has 1 aromatic rings. The number of quaternary nitrogens is 1. The number of halogens is 1. The van der Waals surface area contributed by atoms with Crippen molar-refractivity contribution in [1.29, 1.82) is 0 Å². The minimum atomic E-state index is -0.0284. The van der Waals surface area contributed by atoms with Crippen LogP contribution in [-0.2, 0) is 6.54 Å². The van der Waals surface area contributed by atoms with Crippen LogP contribution in [0, 0.1) is 0 Å². The number of rotatable bonds is 13. The summed E-state index contributed by atoms with van der Waals surface area (Å²) in [4.78, 5) is 2.73. The quantitative estimate of drug-likeness (QED) is 0.151. The SMILES string of the molecule is CN(C)C(Br)CCCCCCCCC[N+](C)(C)Cc1cccc(O)c1O. The summed E-state index contributed by atoms with van der Waals surface area (Å²) in [5.74, 6) is -0.00186. The lowest BCUT2D eigenvalue weighted by Crippen LogP contribution is -2.39.